The van der Waals surface area contributed by atoms with Crippen LogP contribution in [0.4, 0.5) is 17.2 Å². The number of nitrogen functional groups attached to an aromatic ring is 1. The molecule has 6 heteroatoms. The molecule has 0 atom stereocenters. The van der Waals surface area contributed by atoms with Gasteiger partial charge in [0.25, 0.3) is 0 Å². The SMILES string of the molecule is CCc1ccc(Nc2cc(Cl)nnc2NN)cc1. The summed E-state index contributed by atoms with van der Waals surface area (Å²) >= 11 is 5.81. The van der Waals surface area contributed by atoms with Gasteiger partial charge in [0, 0.05) is 11.8 Å². The number of hydrazine groups is 1. The van der Waals surface area contributed by atoms with Gasteiger partial charge in [0.15, 0.2) is 11.0 Å². The predicted octanol–water partition coefficient (Wildman–Crippen LogP) is 2.72. The number of hydrogen-bond donors (Lipinski definition) is 3. The predicted molar refractivity (Wildman–Crippen MR) is 74.0 cm³/mol. The minimum absolute atomic E-state index is 0.307. The van der Waals surface area contributed by atoms with E-state index in [-0.39, 0.29) is 0 Å². The largest absolute Gasteiger partial charge is 0.352 e. The maximum atomic E-state index is 5.81. The Hall–Kier alpha value is -1.85. The van der Waals surface area contributed by atoms with Gasteiger partial charge in [-0.3, -0.25) is 0 Å². The van der Waals surface area contributed by atoms with Crippen molar-refractivity contribution in [2.45, 2.75) is 13.3 Å². The Morgan fingerprint density at radius 2 is 1.94 bits per heavy atom. The van der Waals surface area contributed by atoms with E-state index >= 15 is 0 Å². The minimum Gasteiger partial charge on any atom is -0.352 e. The van der Waals surface area contributed by atoms with Gasteiger partial charge in [-0.15, -0.1) is 10.2 Å². The number of rotatable bonds is 4. The van der Waals surface area contributed by atoms with Crippen LogP contribution in [0.2, 0.25) is 5.15 Å². The minimum atomic E-state index is 0.307. The lowest BCUT2D eigenvalue weighted by Gasteiger charge is -2.10. The van der Waals surface area contributed by atoms with Crippen molar-refractivity contribution in [1.29, 1.82) is 0 Å². The van der Waals surface area contributed by atoms with Gasteiger partial charge < -0.3 is 10.7 Å². The summed E-state index contributed by atoms with van der Waals surface area (Å²) in [7, 11) is 0. The molecule has 94 valence electrons. The van der Waals surface area contributed by atoms with Crippen LogP contribution in [-0.4, -0.2) is 10.2 Å². The van der Waals surface area contributed by atoms with Gasteiger partial charge in [-0.25, -0.2) is 5.84 Å². The van der Waals surface area contributed by atoms with Crippen molar-refractivity contribution in [3.63, 3.8) is 0 Å². The number of hydrogen-bond acceptors (Lipinski definition) is 5. The zero-order valence-corrected chi connectivity index (χ0v) is 10.7. The molecule has 2 aromatic rings. The summed E-state index contributed by atoms with van der Waals surface area (Å²) in [6.45, 7) is 2.12. The maximum absolute atomic E-state index is 5.81. The van der Waals surface area contributed by atoms with Gasteiger partial charge in [0.1, 0.15) is 0 Å². The number of aryl methyl sites for hydroxylation is 1. The Kier molecular flexibility index (Phi) is 3.96. The Morgan fingerprint density at radius 1 is 1.22 bits per heavy atom. The van der Waals surface area contributed by atoms with E-state index in [1.165, 1.54) is 5.56 Å². The van der Waals surface area contributed by atoms with Gasteiger partial charge in [-0.1, -0.05) is 30.7 Å². The smallest absolute Gasteiger partial charge is 0.186 e. The average Bonchev–Trinajstić information content (AvgIpc) is 2.40. The topological polar surface area (TPSA) is 75.9 Å². The molecule has 4 N–H and O–H groups in total. The van der Waals surface area contributed by atoms with Crippen LogP contribution in [-0.2, 0) is 6.42 Å². The zero-order valence-electron chi connectivity index (χ0n) is 9.94. The molecule has 0 amide bonds. The summed E-state index contributed by atoms with van der Waals surface area (Å²) in [5.74, 6) is 5.81. The molecule has 1 heterocycles. The monoisotopic (exact) mass is 263 g/mol. The number of anilines is 3. The molecular weight excluding hydrogens is 250 g/mol. The zero-order chi connectivity index (χ0) is 13.0. The number of nitrogens with zero attached hydrogens (tertiary/aromatic N) is 2. The third-order valence-electron chi connectivity index (χ3n) is 2.54. The van der Waals surface area contributed by atoms with E-state index in [1.54, 1.807) is 6.07 Å². The standard InChI is InChI=1S/C12H14ClN5/c1-2-8-3-5-9(6-4-8)15-10-7-11(13)17-18-12(10)16-14/h3-7H,2,14H2,1H3,(H,15,17)(H,16,18). The van der Waals surface area contributed by atoms with Crippen LogP contribution in [0.1, 0.15) is 12.5 Å². The average molecular weight is 264 g/mol. The second-order valence-electron chi connectivity index (χ2n) is 3.75. The van der Waals surface area contributed by atoms with Crippen molar-refractivity contribution in [1.82, 2.24) is 10.2 Å². The molecule has 0 spiro atoms. The van der Waals surface area contributed by atoms with E-state index in [1.807, 2.05) is 12.1 Å². The van der Waals surface area contributed by atoms with Gasteiger partial charge in [0.2, 0.25) is 0 Å². The number of halogens is 1. The Bertz CT molecular complexity index is 526. The van der Waals surface area contributed by atoms with Crippen molar-refractivity contribution >= 4 is 28.8 Å². The summed E-state index contributed by atoms with van der Waals surface area (Å²) in [6.07, 6.45) is 1.01. The van der Waals surface area contributed by atoms with Crippen molar-refractivity contribution in [2.75, 3.05) is 10.7 Å². The van der Waals surface area contributed by atoms with Gasteiger partial charge in [-0.05, 0) is 24.1 Å². The molecule has 2 rings (SSSR count). The van der Waals surface area contributed by atoms with Crippen LogP contribution in [0.5, 0.6) is 0 Å². The number of nitrogens with one attached hydrogen (secondary N) is 2. The summed E-state index contributed by atoms with van der Waals surface area (Å²) in [5, 5.41) is 11.1. The van der Waals surface area contributed by atoms with Crippen molar-refractivity contribution < 1.29 is 0 Å². The van der Waals surface area contributed by atoms with E-state index in [9.17, 15) is 0 Å². The van der Waals surface area contributed by atoms with Crippen LogP contribution >= 0.6 is 11.6 Å². The highest BCUT2D eigenvalue weighted by atomic mass is 35.5. The summed E-state index contributed by atoms with van der Waals surface area (Å²) in [5.41, 5.74) is 5.37. The van der Waals surface area contributed by atoms with Crippen LogP contribution in [0.15, 0.2) is 30.3 Å². The van der Waals surface area contributed by atoms with Crippen molar-refractivity contribution in [3.8, 4) is 0 Å². The highest BCUT2D eigenvalue weighted by molar-refractivity contribution is 6.29. The fourth-order valence-electron chi connectivity index (χ4n) is 1.55. The number of aromatic nitrogens is 2. The molecule has 0 aliphatic heterocycles. The molecule has 0 unspecified atom stereocenters. The first-order valence-electron chi connectivity index (χ1n) is 5.58. The Balaban J connectivity index is 2.24. The molecule has 0 fully saturated rings. The molecule has 1 aromatic carbocycles. The maximum Gasteiger partial charge on any atom is 0.186 e. The second-order valence-corrected chi connectivity index (χ2v) is 4.14. The Morgan fingerprint density at radius 3 is 2.56 bits per heavy atom. The lowest BCUT2D eigenvalue weighted by molar-refractivity contribution is 1.02. The van der Waals surface area contributed by atoms with Crippen molar-refractivity contribution in [2.24, 2.45) is 5.84 Å². The highest BCUT2D eigenvalue weighted by Crippen LogP contribution is 2.24. The summed E-state index contributed by atoms with van der Waals surface area (Å²) in [6, 6.07) is 9.78. The van der Waals surface area contributed by atoms with Crippen LogP contribution in [0, 0.1) is 0 Å². The van der Waals surface area contributed by atoms with Crippen LogP contribution in [0.25, 0.3) is 0 Å². The lowest BCUT2D eigenvalue weighted by Crippen LogP contribution is -2.11. The quantitative estimate of drug-likeness (QED) is 0.584. The molecule has 0 radical (unpaired) electrons. The normalized spacial score (nSPS) is 10.2. The Labute approximate surface area is 110 Å². The first kappa shape index (κ1) is 12.6. The first-order valence-corrected chi connectivity index (χ1v) is 5.96. The molecule has 0 saturated carbocycles. The molecule has 5 nitrogen and oxygen atoms in total. The molecule has 0 bridgehead atoms. The lowest BCUT2D eigenvalue weighted by atomic mass is 10.1. The van der Waals surface area contributed by atoms with Gasteiger partial charge >= 0.3 is 0 Å². The molecule has 18 heavy (non-hydrogen) atoms. The first-order chi connectivity index (χ1) is 8.72. The number of nitrogens with two attached hydrogens (primary N) is 1. The van der Waals surface area contributed by atoms with Gasteiger partial charge in [0.05, 0.1) is 5.69 Å². The highest BCUT2D eigenvalue weighted by Gasteiger charge is 2.05. The molecule has 0 saturated heterocycles. The number of benzene rings is 1. The fraction of sp³-hybridized carbons (Fsp3) is 0.167. The third-order valence-corrected chi connectivity index (χ3v) is 2.73. The fourth-order valence-corrected chi connectivity index (χ4v) is 1.70. The molecule has 1 aromatic heterocycles. The summed E-state index contributed by atoms with van der Waals surface area (Å²) < 4.78 is 0. The van der Waals surface area contributed by atoms with E-state index in [0.29, 0.717) is 16.7 Å². The van der Waals surface area contributed by atoms with Crippen LogP contribution in [0.3, 0.4) is 0 Å². The molecular formula is C12H14ClN5. The van der Waals surface area contributed by atoms with E-state index < -0.39 is 0 Å². The second kappa shape index (κ2) is 5.66. The summed E-state index contributed by atoms with van der Waals surface area (Å²) in [4.78, 5) is 0. The van der Waals surface area contributed by atoms with E-state index in [2.05, 4.69) is 40.0 Å². The third kappa shape index (κ3) is 2.88. The van der Waals surface area contributed by atoms with Crippen molar-refractivity contribution in [3.05, 3.63) is 41.0 Å². The van der Waals surface area contributed by atoms with Gasteiger partial charge in [-0.2, -0.15) is 0 Å². The van der Waals surface area contributed by atoms with Crippen LogP contribution < -0.4 is 16.6 Å². The van der Waals surface area contributed by atoms with E-state index in [0.717, 1.165) is 12.1 Å². The van der Waals surface area contributed by atoms with E-state index in [4.69, 9.17) is 17.4 Å². The molecule has 0 aliphatic rings. The molecule has 0 aliphatic carbocycles.